The first-order valence-corrected chi connectivity index (χ1v) is 10.7. The lowest BCUT2D eigenvalue weighted by Crippen LogP contribution is -2.48. The van der Waals surface area contributed by atoms with Crippen molar-refractivity contribution in [2.75, 3.05) is 43.5 Å². The molecule has 1 fully saturated rings. The molecular formula is C20H23N3O4S. The first-order chi connectivity index (χ1) is 13.5. The van der Waals surface area contributed by atoms with E-state index in [9.17, 15) is 13.2 Å². The number of hydrogen-bond acceptors (Lipinski definition) is 5. The molecule has 2 aromatic rings. The van der Waals surface area contributed by atoms with Crippen LogP contribution in [0.5, 0.6) is 5.75 Å². The van der Waals surface area contributed by atoms with Gasteiger partial charge in [0, 0.05) is 38.3 Å². The number of benzene rings is 2. The molecule has 2 aromatic carbocycles. The highest BCUT2D eigenvalue weighted by atomic mass is 32.2. The smallest absolute Gasteiger partial charge is 0.243 e. The van der Waals surface area contributed by atoms with Crippen LogP contribution in [-0.2, 0) is 21.2 Å². The minimum absolute atomic E-state index is 0.0319. The second kappa shape index (κ2) is 7.44. The summed E-state index contributed by atoms with van der Waals surface area (Å²) in [5.74, 6) is 0.756. The number of amides is 1. The van der Waals surface area contributed by atoms with Crippen LogP contribution in [0, 0.1) is 0 Å². The van der Waals surface area contributed by atoms with Crippen LogP contribution in [0.3, 0.4) is 0 Å². The molecule has 0 atom stereocenters. The van der Waals surface area contributed by atoms with E-state index in [1.54, 1.807) is 25.3 Å². The number of nitrogens with one attached hydrogen (secondary N) is 1. The van der Waals surface area contributed by atoms with Gasteiger partial charge in [0.2, 0.25) is 15.9 Å². The maximum absolute atomic E-state index is 13.1. The molecule has 28 heavy (non-hydrogen) atoms. The number of ether oxygens (including phenoxy) is 1. The van der Waals surface area contributed by atoms with Crippen LogP contribution in [0.15, 0.2) is 47.4 Å². The first kappa shape index (κ1) is 18.8. The van der Waals surface area contributed by atoms with Gasteiger partial charge in [-0.1, -0.05) is 12.1 Å². The molecule has 1 amide bonds. The maximum atomic E-state index is 13.1. The van der Waals surface area contributed by atoms with E-state index in [1.807, 2.05) is 24.3 Å². The fraction of sp³-hybridized carbons (Fsp3) is 0.350. The van der Waals surface area contributed by atoms with E-state index < -0.39 is 10.0 Å². The predicted octanol–water partition coefficient (Wildman–Crippen LogP) is 2.09. The van der Waals surface area contributed by atoms with Crippen LogP contribution in [0.4, 0.5) is 11.4 Å². The van der Waals surface area contributed by atoms with E-state index in [-0.39, 0.29) is 10.8 Å². The molecule has 0 saturated carbocycles. The third-order valence-corrected chi connectivity index (χ3v) is 7.17. The van der Waals surface area contributed by atoms with Crippen molar-refractivity contribution in [3.8, 4) is 5.75 Å². The number of nitrogens with zero attached hydrogens (tertiary/aromatic N) is 2. The molecular weight excluding hydrogens is 378 g/mol. The summed E-state index contributed by atoms with van der Waals surface area (Å²) in [6.45, 7) is 2.02. The summed E-state index contributed by atoms with van der Waals surface area (Å²) in [5, 5.41) is 2.79. The monoisotopic (exact) mass is 401 g/mol. The van der Waals surface area contributed by atoms with E-state index >= 15 is 0 Å². The van der Waals surface area contributed by atoms with E-state index in [2.05, 4.69) is 10.2 Å². The van der Waals surface area contributed by atoms with Crippen molar-refractivity contribution in [3.05, 3.63) is 48.0 Å². The molecule has 1 N–H and O–H groups in total. The lowest BCUT2D eigenvalue weighted by atomic mass is 10.0. The largest absolute Gasteiger partial charge is 0.495 e. The third-order valence-electron chi connectivity index (χ3n) is 5.27. The highest BCUT2D eigenvalue weighted by Crippen LogP contribution is 2.30. The van der Waals surface area contributed by atoms with Crippen LogP contribution < -0.4 is 15.0 Å². The topological polar surface area (TPSA) is 79.0 Å². The summed E-state index contributed by atoms with van der Waals surface area (Å²) in [7, 11) is -1.93. The second-order valence-electron chi connectivity index (χ2n) is 6.93. The lowest BCUT2D eigenvalue weighted by molar-refractivity contribution is -0.116. The van der Waals surface area contributed by atoms with Crippen molar-refractivity contribution in [1.29, 1.82) is 0 Å². The fourth-order valence-corrected chi connectivity index (χ4v) is 5.20. The fourth-order valence-electron chi connectivity index (χ4n) is 3.73. The van der Waals surface area contributed by atoms with E-state index in [0.29, 0.717) is 44.7 Å². The van der Waals surface area contributed by atoms with Crippen molar-refractivity contribution in [2.24, 2.45) is 0 Å². The number of fused-ring (bicyclic) bond motifs is 1. The summed E-state index contributed by atoms with van der Waals surface area (Å²) >= 11 is 0. The Morgan fingerprint density at radius 3 is 2.50 bits per heavy atom. The third kappa shape index (κ3) is 3.45. The summed E-state index contributed by atoms with van der Waals surface area (Å²) < 4.78 is 33.1. The highest BCUT2D eigenvalue weighted by molar-refractivity contribution is 7.89. The van der Waals surface area contributed by atoms with Crippen molar-refractivity contribution >= 4 is 27.3 Å². The van der Waals surface area contributed by atoms with Crippen LogP contribution in [0.25, 0.3) is 0 Å². The Kier molecular flexibility index (Phi) is 4.99. The van der Waals surface area contributed by atoms with Crippen LogP contribution in [-0.4, -0.2) is 51.9 Å². The van der Waals surface area contributed by atoms with Gasteiger partial charge in [0.15, 0.2) is 0 Å². The molecule has 0 spiro atoms. The van der Waals surface area contributed by atoms with Gasteiger partial charge in [-0.25, -0.2) is 8.42 Å². The Labute approximate surface area is 165 Å². The van der Waals surface area contributed by atoms with Gasteiger partial charge in [-0.15, -0.1) is 0 Å². The van der Waals surface area contributed by atoms with E-state index in [0.717, 1.165) is 17.0 Å². The Hall–Kier alpha value is -2.58. The molecule has 4 rings (SSSR count). The molecule has 8 heteroatoms. The Balaban J connectivity index is 1.50. The van der Waals surface area contributed by atoms with Crippen LogP contribution in [0.2, 0.25) is 0 Å². The van der Waals surface area contributed by atoms with Gasteiger partial charge < -0.3 is 15.0 Å². The number of carbonyl (C=O) groups excluding carboxylic acids is 1. The minimum atomic E-state index is -3.57. The summed E-state index contributed by atoms with van der Waals surface area (Å²) in [6, 6.07) is 12.7. The summed E-state index contributed by atoms with van der Waals surface area (Å²) in [6.07, 6.45) is 0.945. The van der Waals surface area contributed by atoms with Crippen molar-refractivity contribution in [3.63, 3.8) is 0 Å². The van der Waals surface area contributed by atoms with Crippen molar-refractivity contribution in [2.45, 2.75) is 17.7 Å². The van der Waals surface area contributed by atoms with Gasteiger partial charge >= 0.3 is 0 Å². The zero-order valence-corrected chi connectivity index (χ0v) is 16.5. The average molecular weight is 401 g/mol. The number of anilines is 2. The molecule has 0 aliphatic carbocycles. The Morgan fingerprint density at radius 1 is 1.00 bits per heavy atom. The SMILES string of the molecule is COc1ccccc1N1CCN(S(=O)(=O)c2ccc3c(c2)CCC(=O)N3)CC1. The molecule has 2 aliphatic heterocycles. The molecule has 2 heterocycles. The molecule has 0 bridgehead atoms. The van der Waals surface area contributed by atoms with E-state index in [4.69, 9.17) is 4.74 Å². The van der Waals surface area contributed by atoms with Crippen LogP contribution >= 0.6 is 0 Å². The number of sulfonamides is 1. The maximum Gasteiger partial charge on any atom is 0.243 e. The van der Waals surface area contributed by atoms with Gasteiger partial charge in [-0.2, -0.15) is 4.31 Å². The summed E-state index contributed by atoms with van der Waals surface area (Å²) in [4.78, 5) is 13.9. The van der Waals surface area contributed by atoms with Gasteiger partial charge in [0.1, 0.15) is 5.75 Å². The predicted molar refractivity (Wildman–Crippen MR) is 107 cm³/mol. The standard InChI is InChI=1S/C20H23N3O4S/c1-27-19-5-3-2-4-18(19)22-10-12-23(13-11-22)28(25,26)16-7-8-17-15(14-16)6-9-20(24)21-17/h2-5,7-8,14H,6,9-13H2,1H3,(H,21,24). The molecule has 7 nitrogen and oxygen atoms in total. The molecule has 0 radical (unpaired) electrons. The lowest BCUT2D eigenvalue weighted by Gasteiger charge is -2.36. The average Bonchev–Trinajstić information content (AvgIpc) is 2.73. The first-order valence-electron chi connectivity index (χ1n) is 9.30. The molecule has 148 valence electrons. The van der Waals surface area contributed by atoms with Crippen LogP contribution in [0.1, 0.15) is 12.0 Å². The number of hydrogen-bond donors (Lipinski definition) is 1. The quantitative estimate of drug-likeness (QED) is 0.849. The van der Waals surface area contributed by atoms with Gasteiger partial charge in [0.05, 0.1) is 17.7 Å². The minimum Gasteiger partial charge on any atom is -0.495 e. The summed E-state index contributed by atoms with van der Waals surface area (Å²) in [5.41, 5.74) is 2.55. The van der Waals surface area contributed by atoms with E-state index in [1.165, 1.54) is 4.31 Å². The molecule has 1 saturated heterocycles. The Morgan fingerprint density at radius 2 is 1.75 bits per heavy atom. The second-order valence-corrected chi connectivity index (χ2v) is 8.87. The van der Waals surface area contributed by atoms with Crippen molar-refractivity contribution in [1.82, 2.24) is 4.31 Å². The van der Waals surface area contributed by atoms with Gasteiger partial charge in [-0.05, 0) is 42.3 Å². The zero-order chi connectivity index (χ0) is 19.7. The highest BCUT2D eigenvalue weighted by Gasteiger charge is 2.30. The number of methoxy groups -OCH3 is 1. The Bertz CT molecular complexity index is 998. The number of carbonyl (C=O) groups is 1. The van der Waals surface area contributed by atoms with Gasteiger partial charge in [0.25, 0.3) is 0 Å². The normalized spacial score (nSPS) is 17.8. The molecule has 2 aliphatic rings. The number of aryl methyl sites for hydroxylation is 1. The van der Waals surface area contributed by atoms with Gasteiger partial charge in [-0.3, -0.25) is 4.79 Å². The number of piperazine rings is 1. The zero-order valence-electron chi connectivity index (χ0n) is 15.7. The molecule has 0 aromatic heterocycles. The number of rotatable bonds is 4. The molecule has 0 unspecified atom stereocenters. The van der Waals surface area contributed by atoms with Crippen molar-refractivity contribution < 1.29 is 17.9 Å². The number of para-hydroxylation sites is 2.